The van der Waals surface area contributed by atoms with Crippen LogP contribution in [-0.4, -0.2) is 5.11 Å². The Morgan fingerprint density at radius 2 is 2.14 bits per heavy atom. The molecule has 1 saturated carbocycles. The number of nitrogens with two attached hydrogens (primary N) is 1. The average Bonchev–Trinajstić information content (AvgIpc) is 2.93. The molecule has 1 aromatic rings. The van der Waals surface area contributed by atoms with Gasteiger partial charge in [0.05, 0.1) is 0 Å². The van der Waals surface area contributed by atoms with Gasteiger partial charge in [-0.1, -0.05) is 6.07 Å². The van der Waals surface area contributed by atoms with E-state index in [9.17, 15) is 9.50 Å². The molecule has 2 rings (SSSR count). The maximum Gasteiger partial charge on any atom is 0.165 e. The Morgan fingerprint density at radius 3 is 2.71 bits per heavy atom. The highest BCUT2D eigenvalue weighted by atomic mass is 19.1. The zero-order valence-electron chi connectivity index (χ0n) is 8.13. The lowest BCUT2D eigenvalue weighted by molar-refractivity contribution is 0.416. The van der Waals surface area contributed by atoms with Crippen molar-refractivity contribution in [3.05, 3.63) is 29.1 Å². The van der Waals surface area contributed by atoms with Gasteiger partial charge in [0.1, 0.15) is 0 Å². The van der Waals surface area contributed by atoms with Crippen molar-refractivity contribution in [2.24, 2.45) is 11.7 Å². The van der Waals surface area contributed by atoms with Gasteiger partial charge in [0.25, 0.3) is 0 Å². The van der Waals surface area contributed by atoms with Crippen LogP contribution in [0.15, 0.2) is 12.1 Å². The number of hydrogen-bond acceptors (Lipinski definition) is 2. The lowest BCUT2D eigenvalue weighted by atomic mass is 10.00. The molecule has 0 aliphatic heterocycles. The summed E-state index contributed by atoms with van der Waals surface area (Å²) in [6, 6.07) is 2.87. The minimum Gasteiger partial charge on any atom is -0.505 e. The number of phenols is 1. The van der Waals surface area contributed by atoms with E-state index in [0.29, 0.717) is 11.5 Å². The quantitative estimate of drug-likeness (QED) is 0.760. The Bertz CT molecular complexity index is 361. The van der Waals surface area contributed by atoms with Crippen LogP contribution in [-0.2, 0) is 0 Å². The van der Waals surface area contributed by atoms with Gasteiger partial charge in [0, 0.05) is 11.6 Å². The van der Waals surface area contributed by atoms with E-state index in [0.717, 1.165) is 18.4 Å². The van der Waals surface area contributed by atoms with E-state index in [-0.39, 0.29) is 11.8 Å². The number of aryl methyl sites for hydroxylation is 1. The van der Waals surface area contributed by atoms with Crippen LogP contribution in [0, 0.1) is 18.7 Å². The van der Waals surface area contributed by atoms with E-state index in [1.165, 1.54) is 6.07 Å². The van der Waals surface area contributed by atoms with Gasteiger partial charge in [-0.25, -0.2) is 4.39 Å². The Labute approximate surface area is 82.5 Å². The molecule has 1 fully saturated rings. The summed E-state index contributed by atoms with van der Waals surface area (Å²) in [5, 5.41) is 9.51. The van der Waals surface area contributed by atoms with Crippen LogP contribution < -0.4 is 5.73 Å². The average molecular weight is 195 g/mol. The monoisotopic (exact) mass is 195 g/mol. The van der Waals surface area contributed by atoms with Crippen LogP contribution in [0.5, 0.6) is 5.75 Å². The summed E-state index contributed by atoms with van der Waals surface area (Å²) in [6.07, 6.45) is 2.16. The van der Waals surface area contributed by atoms with Gasteiger partial charge in [0.2, 0.25) is 0 Å². The van der Waals surface area contributed by atoms with Crippen molar-refractivity contribution in [3.8, 4) is 5.75 Å². The number of phenolic OH excluding ortho intramolecular Hbond substituents is 1. The first-order chi connectivity index (χ1) is 6.59. The normalized spacial score (nSPS) is 18.2. The van der Waals surface area contributed by atoms with E-state index in [4.69, 9.17) is 5.73 Å². The fourth-order valence-electron chi connectivity index (χ4n) is 1.72. The van der Waals surface area contributed by atoms with E-state index < -0.39 is 5.82 Å². The first kappa shape index (κ1) is 9.46. The van der Waals surface area contributed by atoms with Crippen molar-refractivity contribution < 1.29 is 9.50 Å². The van der Waals surface area contributed by atoms with Crippen molar-refractivity contribution in [3.63, 3.8) is 0 Å². The van der Waals surface area contributed by atoms with Crippen molar-refractivity contribution in [1.82, 2.24) is 0 Å². The molecule has 0 saturated heterocycles. The minimum absolute atomic E-state index is 0.218. The molecule has 76 valence electrons. The second kappa shape index (κ2) is 3.24. The smallest absolute Gasteiger partial charge is 0.165 e. The number of hydrogen-bond donors (Lipinski definition) is 2. The van der Waals surface area contributed by atoms with Crippen molar-refractivity contribution in [2.75, 3.05) is 0 Å². The van der Waals surface area contributed by atoms with Crippen LogP contribution in [0.3, 0.4) is 0 Å². The zero-order valence-corrected chi connectivity index (χ0v) is 8.13. The highest BCUT2D eigenvalue weighted by molar-refractivity contribution is 5.40. The molecule has 3 heteroatoms. The molecule has 14 heavy (non-hydrogen) atoms. The molecule has 0 radical (unpaired) electrons. The van der Waals surface area contributed by atoms with E-state index >= 15 is 0 Å². The molecular weight excluding hydrogens is 181 g/mol. The predicted molar refractivity (Wildman–Crippen MR) is 52.5 cm³/mol. The van der Waals surface area contributed by atoms with E-state index in [1.54, 1.807) is 13.0 Å². The summed E-state index contributed by atoms with van der Waals surface area (Å²) in [4.78, 5) is 0. The SMILES string of the molecule is Cc1cc(F)c(O)c([C@H](N)C2CC2)c1. The van der Waals surface area contributed by atoms with Crippen LogP contribution in [0.4, 0.5) is 4.39 Å². The summed E-state index contributed by atoms with van der Waals surface area (Å²) < 4.78 is 13.2. The van der Waals surface area contributed by atoms with Gasteiger partial charge in [-0.15, -0.1) is 0 Å². The molecule has 1 aliphatic carbocycles. The third kappa shape index (κ3) is 1.60. The molecule has 0 spiro atoms. The summed E-state index contributed by atoms with van der Waals surface area (Å²) in [6.45, 7) is 1.80. The molecule has 0 heterocycles. The summed E-state index contributed by atoms with van der Waals surface area (Å²) in [5.41, 5.74) is 7.26. The topological polar surface area (TPSA) is 46.2 Å². The highest BCUT2D eigenvalue weighted by Gasteiger charge is 2.31. The van der Waals surface area contributed by atoms with Gasteiger partial charge >= 0.3 is 0 Å². The van der Waals surface area contributed by atoms with Crippen molar-refractivity contribution in [1.29, 1.82) is 0 Å². The van der Waals surface area contributed by atoms with Gasteiger partial charge in [-0.2, -0.15) is 0 Å². The van der Waals surface area contributed by atoms with Gasteiger partial charge in [0.15, 0.2) is 11.6 Å². The molecule has 1 aromatic carbocycles. The van der Waals surface area contributed by atoms with Gasteiger partial charge in [-0.05, 0) is 37.3 Å². The Balaban J connectivity index is 2.39. The van der Waals surface area contributed by atoms with Crippen LogP contribution >= 0.6 is 0 Å². The number of aromatic hydroxyl groups is 1. The molecule has 1 atom stereocenters. The molecule has 0 unspecified atom stereocenters. The summed E-state index contributed by atoms with van der Waals surface area (Å²) in [7, 11) is 0. The third-order valence-corrected chi connectivity index (χ3v) is 2.73. The second-order valence-corrected chi connectivity index (χ2v) is 4.05. The van der Waals surface area contributed by atoms with E-state index in [1.807, 2.05) is 0 Å². The Morgan fingerprint density at radius 1 is 1.50 bits per heavy atom. The number of rotatable bonds is 2. The Hall–Kier alpha value is -1.09. The van der Waals surface area contributed by atoms with Gasteiger partial charge in [-0.3, -0.25) is 0 Å². The molecule has 0 aromatic heterocycles. The standard InChI is InChI=1S/C11H14FNO/c1-6-4-8(10(13)7-2-3-7)11(14)9(12)5-6/h4-5,7,10,14H,2-3,13H2,1H3/t10-/m1/s1. The molecular formula is C11H14FNO. The third-order valence-electron chi connectivity index (χ3n) is 2.73. The Kier molecular flexibility index (Phi) is 2.19. The van der Waals surface area contributed by atoms with Crippen molar-refractivity contribution >= 4 is 0 Å². The predicted octanol–water partition coefficient (Wildman–Crippen LogP) is 2.25. The zero-order chi connectivity index (χ0) is 10.3. The number of halogens is 1. The maximum atomic E-state index is 13.2. The molecule has 2 nitrogen and oxygen atoms in total. The van der Waals surface area contributed by atoms with Crippen molar-refractivity contribution in [2.45, 2.75) is 25.8 Å². The highest BCUT2D eigenvalue weighted by Crippen LogP contribution is 2.42. The first-order valence-electron chi connectivity index (χ1n) is 4.84. The molecule has 0 bridgehead atoms. The van der Waals surface area contributed by atoms with E-state index in [2.05, 4.69) is 0 Å². The van der Waals surface area contributed by atoms with Crippen LogP contribution in [0.1, 0.15) is 30.0 Å². The lowest BCUT2D eigenvalue weighted by Gasteiger charge is -2.13. The van der Waals surface area contributed by atoms with Crippen LogP contribution in [0.25, 0.3) is 0 Å². The first-order valence-corrected chi connectivity index (χ1v) is 4.84. The van der Waals surface area contributed by atoms with Crippen LogP contribution in [0.2, 0.25) is 0 Å². The fraction of sp³-hybridized carbons (Fsp3) is 0.455. The van der Waals surface area contributed by atoms with Gasteiger partial charge < -0.3 is 10.8 Å². The largest absolute Gasteiger partial charge is 0.505 e. The lowest BCUT2D eigenvalue weighted by Crippen LogP contribution is -2.13. The summed E-state index contributed by atoms with van der Waals surface area (Å²) in [5.74, 6) is -0.437. The fourth-order valence-corrected chi connectivity index (χ4v) is 1.72. The summed E-state index contributed by atoms with van der Waals surface area (Å²) >= 11 is 0. The molecule has 0 amide bonds. The maximum absolute atomic E-state index is 13.2. The molecule has 1 aliphatic rings. The number of benzene rings is 1. The minimum atomic E-state index is -0.573. The second-order valence-electron chi connectivity index (χ2n) is 4.05. The molecule has 3 N–H and O–H groups in total.